The van der Waals surface area contributed by atoms with Crippen molar-refractivity contribution in [2.24, 2.45) is 5.92 Å². The monoisotopic (exact) mass is 441 g/mol. The molecule has 0 spiro atoms. The number of carbonyl (C=O) groups excluding carboxylic acids is 3. The second-order valence-corrected chi connectivity index (χ2v) is 7.61. The van der Waals surface area contributed by atoms with Crippen LogP contribution in [-0.2, 0) is 25.7 Å². The maximum atomic E-state index is 12.5. The van der Waals surface area contributed by atoms with Crippen molar-refractivity contribution in [1.29, 1.82) is 0 Å². The Morgan fingerprint density at radius 3 is 2.41 bits per heavy atom. The third-order valence-electron chi connectivity index (χ3n) is 4.83. The maximum absolute atomic E-state index is 12.5. The lowest BCUT2D eigenvalue weighted by Gasteiger charge is -2.24. The van der Waals surface area contributed by atoms with Crippen LogP contribution in [-0.4, -0.2) is 56.5 Å². The molecule has 0 saturated heterocycles. The number of carbonyl (C=O) groups is 3. The van der Waals surface area contributed by atoms with Crippen LogP contribution in [0.2, 0.25) is 0 Å². The number of aryl methyl sites for hydroxylation is 1. The first kappa shape index (κ1) is 24.9. The molecule has 2 aromatic rings. The first-order chi connectivity index (χ1) is 15.3. The van der Waals surface area contributed by atoms with E-state index in [1.165, 1.54) is 14.2 Å². The number of hydrogen-bond donors (Lipinski definition) is 2. The Labute approximate surface area is 188 Å². The number of benzene rings is 2. The van der Waals surface area contributed by atoms with Gasteiger partial charge in [-0.25, -0.2) is 0 Å². The largest absolute Gasteiger partial charge is 0.495 e. The average molecular weight is 442 g/mol. The molecule has 0 radical (unpaired) electrons. The number of nitrogens with one attached hydrogen (secondary N) is 2. The minimum Gasteiger partial charge on any atom is -0.495 e. The molecule has 0 saturated carbocycles. The molecule has 2 amide bonds. The molecule has 8 nitrogen and oxygen atoms in total. The molecule has 1 atom stereocenters. The van der Waals surface area contributed by atoms with E-state index < -0.39 is 5.92 Å². The fourth-order valence-corrected chi connectivity index (χ4v) is 3.24. The second kappa shape index (κ2) is 12.5. The van der Waals surface area contributed by atoms with E-state index >= 15 is 0 Å². The number of hydrogen-bond acceptors (Lipinski definition) is 6. The maximum Gasteiger partial charge on any atom is 0.309 e. The Kier molecular flexibility index (Phi) is 9.69. The van der Waals surface area contributed by atoms with Crippen LogP contribution in [0.4, 0.5) is 5.69 Å². The van der Waals surface area contributed by atoms with E-state index in [0.717, 1.165) is 11.1 Å². The standard InChI is InChI=1S/C24H31N3O5/c1-17-10-11-21(31-3)20(12-17)26-22(28)13-25-23(29)16-27(14-18(2)24(30)32-4)15-19-8-6-5-7-9-19/h5-12,18H,13-16H2,1-4H3,(H,25,29)(H,26,28). The summed E-state index contributed by atoms with van der Waals surface area (Å²) < 4.78 is 10.1. The van der Waals surface area contributed by atoms with Gasteiger partial charge in [0.25, 0.3) is 0 Å². The number of anilines is 1. The summed E-state index contributed by atoms with van der Waals surface area (Å²) in [7, 11) is 2.87. The number of rotatable bonds is 11. The van der Waals surface area contributed by atoms with Crippen LogP contribution in [0.1, 0.15) is 18.1 Å². The highest BCUT2D eigenvalue weighted by atomic mass is 16.5. The third kappa shape index (κ3) is 8.03. The van der Waals surface area contributed by atoms with Crippen molar-refractivity contribution in [3.63, 3.8) is 0 Å². The van der Waals surface area contributed by atoms with E-state index in [-0.39, 0.29) is 30.9 Å². The van der Waals surface area contributed by atoms with Gasteiger partial charge < -0.3 is 20.1 Å². The summed E-state index contributed by atoms with van der Waals surface area (Å²) in [5, 5.41) is 5.39. The van der Waals surface area contributed by atoms with E-state index in [1.54, 1.807) is 19.1 Å². The zero-order valence-corrected chi connectivity index (χ0v) is 19.0. The zero-order valence-electron chi connectivity index (χ0n) is 19.0. The number of esters is 1. The van der Waals surface area contributed by atoms with Crippen molar-refractivity contribution in [3.05, 3.63) is 59.7 Å². The van der Waals surface area contributed by atoms with Gasteiger partial charge in [-0.15, -0.1) is 0 Å². The molecule has 8 heteroatoms. The zero-order chi connectivity index (χ0) is 23.5. The second-order valence-electron chi connectivity index (χ2n) is 7.61. The number of methoxy groups -OCH3 is 2. The summed E-state index contributed by atoms with van der Waals surface area (Å²) >= 11 is 0. The molecule has 0 aromatic heterocycles. The summed E-state index contributed by atoms with van der Waals surface area (Å²) in [4.78, 5) is 38.5. The molecule has 2 aromatic carbocycles. The van der Waals surface area contributed by atoms with Gasteiger partial charge in [0.15, 0.2) is 0 Å². The van der Waals surface area contributed by atoms with Gasteiger partial charge in [-0.2, -0.15) is 0 Å². The minimum absolute atomic E-state index is 0.0390. The highest BCUT2D eigenvalue weighted by Gasteiger charge is 2.20. The van der Waals surface area contributed by atoms with Gasteiger partial charge in [0, 0.05) is 13.1 Å². The number of ether oxygens (including phenoxy) is 2. The van der Waals surface area contributed by atoms with Crippen molar-refractivity contribution < 1.29 is 23.9 Å². The van der Waals surface area contributed by atoms with Crippen molar-refractivity contribution in [2.75, 3.05) is 39.2 Å². The Bertz CT molecular complexity index is 917. The van der Waals surface area contributed by atoms with Crippen LogP contribution in [0.3, 0.4) is 0 Å². The summed E-state index contributed by atoms with van der Waals surface area (Å²) in [6.45, 7) is 4.36. The molecule has 0 aliphatic rings. The molecule has 172 valence electrons. The van der Waals surface area contributed by atoms with Crippen LogP contribution >= 0.6 is 0 Å². The Hall–Kier alpha value is -3.39. The van der Waals surface area contributed by atoms with Crippen LogP contribution in [0.5, 0.6) is 5.75 Å². The lowest BCUT2D eigenvalue weighted by atomic mass is 10.1. The quantitative estimate of drug-likeness (QED) is 0.520. The Morgan fingerprint density at radius 2 is 1.75 bits per heavy atom. The molecular weight excluding hydrogens is 410 g/mol. The molecule has 0 bridgehead atoms. The van der Waals surface area contributed by atoms with Gasteiger partial charge in [-0.3, -0.25) is 19.3 Å². The topological polar surface area (TPSA) is 97.0 Å². The fourth-order valence-electron chi connectivity index (χ4n) is 3.24. The molecule has 0 aliphatic heterocycles. The van der Waals surface area contributed by atoms with Crippen molar-refractivity contribution in [3.8, 4) is 5.75 Å². The molecule has 0 heterocycles. The first-order valence-corrected chi connectivity index (χ1v) is 10.4. The molecule has 2 N–H and O–H groups in total. The smallest absolute Gasteiger partial charge is 0.309 e. The normalized spacial score (nSPS) is 11.5. The summed E-state index contributed by atoms with van der Waals surface area (Å²) in [5.74, 6) is -0.867. The van der Waals surface area contributed by atoms with E-state index in [4.69, 9.17) is 9.47 Å². The average Bonchev–Trinajstić information content (AvgIpc) is 2.78. The Balaban J connectivity index is 1.94. The molecule has 1 unspecified atom stereocenters. The van der Waals surface area contributed by atoms with E-state index in [2.05, 4.69) is 10.6 Å². The third-order valence-corrected chi connectivity index (χ3v) is 4.83. The molecule has 2 rings (SSSR count). The summed E-state index contributed by atoms with van der Waals surface area (Å²) in [6.07, 6.45) is 0. The van der Waals surface area contributed by atoms with Gasteiger partial charge in [-0.05, 0) is 30.2 Å². The molecule has 0 aliphatic carbocycles. The van der Waals surface area contributed by atoms with Crippen molar-refractivity contribution >= 4 is 23.5 Å². The van der Waals surface area contributed by atoms with E-state index in [0.29, 0.717) is 24.5 Å². The Morgan fingerprint density at radius 1 is 1.03 bits per heavy atom. The van der Waals surface area contributed by atoms with Gasteiger partial charge in [0.2, 0.25) is 11.8 Å². The van der Waals surface area contributed by atoms with Crippen LogP contribution in [0.25, 0.3) is 0 Å². The fraction of sp³-hybridized carbons (Fsp3) is 0.375. The molecule has 32 heavy (non-hydrogen) atoms. The SMILES string of the molecule is COC(=O)C(C)CN(CC(=O)NCC(=O)Nc1cc(C)ccc1OC)Cc1ccccc1. The van der Waals surface area contributed by atoms with E-state index in [9.17, 15) is 14.4 Å². The lowest BCUT2D eigenvalue weighted by molar-refractivity contribution is -0.145. The molecule has 0 fully saturated rings. The van der Waals surface area contributed by atoms with Gasteiger partial charge in [0.1, 0.15) is 5.75 Å². The van der Waals surface area contributed by atoms with Crippen molar-refractivity contribution in [1.82, 2.24) is 10.2 Å². The number of amides is 2. The summed E-state index contributed by atoms with van der Waals surface area (Å²) in [5.41, 5.74) is 2.53. The lowest BCUT2D eigenvalue weighted by Crippen LogP contribution is -2.42. The van der Waals surface area contributed by atoms with Crippen LogP contribution < -0.4 is 15.4 Å². The highest BCUT2D eigenvalue weighted by molar-refractivity contribution is 5.96. The van der Waals surface area contributed by atoms with Crippen molar-refractivity contribution in [2.45, 2.75) is 20.4 Å². The molecular formula is C24H31N3O5. The predicted octanol–water partition coefficient (Wildman–Crippen LogP) is 2.37. The minimum atomic E-state index is -0.395. The highest BCUT2D eigenvalue weighted by Crippen LogP contribution is 2.24. The number of nitrogens with zero attached hydrogens (tertiary/aromatic N) is 1. The van der Waals surface area contributed by atoms with E-state index in [1.807, 2.05) is 48.2 Å². The van der Waals surface area contributed by atoms with Gasteiger partial charge in [-0.1, -0.05) is 43.3 Å². The van der Waals surface area contributed by atoms with Crippen LogP contribution in [0, 0.1) is 12.8 Å². The summed E-state index contributed by atoms with van der Waals surface area (Å²) in [6, 6.07) is 15.1. The van der Waals surface area contributed by atoms with Gasteiger partial charge in [0.05, 0.1) is 38.9 Å². The predicted molar refractivity (Wildman–Crippen MR) is 122 cm³/mol. The van der Waals surface area contributed by atoms with Crippen LogP contribution in [0.15, 0.2) is 48.5 Å². The van der Waals surface area contributed by atoms with Gasteiger partial charge >= 0.3 is 5.97 Å². The first-order valence-electron chi connectivity index (χ1n) is 10.4.